The summed E-state index contributed by atoms with van der Waals surface area (Å²) in [5, 5.41) is 10.8. The average Bonchev–Trinajstić information content (AvgIpc) is 2.83. The Kier molecular flexibility index (Phi) is 3.63. The minimum Gasteiger partial charge on any atom is -0.408 e. The van der Waals surface area contributed by atoms with Crippen molar-refractivity contribution in [2.45, 2.75) is 6.54 Å². The Morgan fingerprint density at radius 1 is 1.32 bits per heavy atom. The molecule has 9 nitrogen and oxygen atoms in total. The van der Waals surface area contributed by atoms with Gasteiger partial charge in [0.15, 0.2) is 5.58 Å². The van der Waals surface area contributed by atoms with Gasteiger partial charge in [-0.2, -0.15) is 0 Å². The standard InChI is InChI=1S/C13H13N3O6/c17-12(14-3-5-21-6-4-14)8-15-10-7-9(16(19)20)1-2-11(10)22-13(15)18/h1-2,7H,3-6,8H2. The molecule has 2 aromatic rings. The number of rotatable bonds is 3. The SMILES string of the molecule is O=C(Cn1c(=O)oc2ccc([N+](=O)[O-])cc21)N1CCOCC1. The number of benzene rings is 1. The van der Waals surface area contributed by atoms with Gasteiger partial charge >= 0.3 is 5.76 Å². The number of oxazole rings is 1. The van der Waals surface area contributed by atoms with Crippen LogP contribution in [0.2, 0.25) is 0 Å². The van der Waals surface area contributed by atoms with Gasteiger partial charge in [-0.05, 0) is 6.07 Å². The maximum atomic E-state index is 12.2. The van der Waals surface area contributed by atoms with Crippen molar-refractivity contribution in [3.63, 3.8) is 0 Å². The lowest BCUT2D eigenvalue weighted by atomic mass is 10.3. The molecule has 22 heavy (non-hydrogen) atoms. The minimum absolute atomic E-state index is 0.166. The molecule has 2 heterocycles. The lowest BCUT2D eigenvalue weighted by Crippen LogP contribution is -2.43. The van der Waals surface area contributed by atoms with Crippen LogP contribution in [0.25, 0.3) is 11.1 Å². The highest BCUT2D eigenvalue weighted by Gasteiger charge is 2.21. The number of fused-ring (bicyclic) bond motifs is 1. The van der Waals surface area contributed by atoms with Gasteiger partial charge in [-0.15, -0.1) is 0 Å². The van der Waals surface area contributed by atoms with Crippen LogP contribution in [0.15, 0.2) is 27.4 Å². The lowest BCUT2D eigenvalue weighted by Gasteiger charge is -2.26. The van der Waals surface area contributed by atoms with Crippen molar-refractivity contribution < 1.29 is 18.9 Å². The van der Waals surface area contributed by atoms with E-state index in [1.165, 1.54) is 18.2 Å². The molecule has 1 saturated heterocycles. The number of ether oxygens (including phenoxy) is 1. The van der Waals surface area contributed by atoms with E-state index in [2.05, 4.69) is 0 Å². The van der Waals surface area contributed by atoms with Crippen LogP contribution in [0, 0.1) is 10.1 Å². The molecule has 0 N–H and O–H groups in total. The van der Waals surface area contributed by atoms with E-state index in [0.29, 0.717) is 26.3 Å². The van der Waals surface area contributed by atoms with Crippen LogP contribution in [-0.4, -0.2) is 46.6 Å². The summed E-state index contributed by atoms with van der Waals surface area (Å²) in [5.74, 6) is -0.961. The number of carbonyl (C=O) groups excluding carboxylic acids is 1. The Balaban J connectivity index is 1.93. The highest BCUT2D eigenvalue weighted by Crippen LogP contribution is 2.20. The van der Waals surface area contributed by atoms with Gasteiger partial charge in [0.05, 0.1) is 23.7 Å². The first-order valence-corrected chi connectivity index (χ1v) is 6.69. The molecular weight excluding hydrogens is 294 g/mol. The van der Waals surface area contributed by atoms with Crippen molar-refractivity contribution in [2.75, 3.05) is 26.3 Å². The van der Waals surface area contributed by atoms with E-state index in [1.54, 1.807) is 4.90 Å². The molecule has 1 aromatic heterocycles. The van der Waals surface area contributed by atoms with E-state index in [9.17, 15) is 19.7 Å². The molecule has 1 aliphatic rings. The third-order valence-corrected chi connectivity index (χ3v) is 3.52. The Labute approximate surface area is 123 Å². The molecule has 1 aliphatic heterocycles. The molecular formula is C13H13N3O6. The molecule has 9 heteroatoms. The average molecular weight is 307 g/mol. The normalized spacial score (nSPS) is 15.2. The van der Waals surface area contributed by atoms with Gasteiger partial charge < -0.3 is 14.1 Å². The quantitative estimate of drug-likeness (QED) is 0.598. The van der Waals surface area contributed by atoms with Crippen LogP contribution in [0.1, 0.15) is 0 Å². The number of nitrogens with zero attached hydrogens (tertiary/aromatic N) is 3. The first-order chi connectivity index (χ1) is 10.6. The van der Waals surface area contributed by atoms with Crippen molar-refractivity contribution in [3.05, 3.63) is 38.9 Å². The molecule has 1 fully saturated rings. The van der Waals surface area contributed by atoms with Gasteiger partial charge in [0.25, 0.3) is 5.69 Å². The zero-order chi connectivity index (χ0) is 15.7. The molecule has 0 spiro atoms. The van der Waals surface area contributed by atoms with Gasteiger partial charge in [-0.3, -0.25) is 19.5 Å². The molecule has 0 radical (unpaired) electrons. The summed E-state index contributed by atoms with van der Waals surface area (Å²) < 4.78 is 11.3. The first-order valence-electron chi connectivity index (χ1n) is 6.69. The Morgan fingerprint density at radius 3 is 2.73 bits per heavy atom. The number of nitro groups is 1. The molecule has 0 aliphatic carbocycles. The first kappa shape index (κ1) is 14.3. The lowest BCUT2D eigenvalue weighted by molar-refractivity contribution is -0.384. The second-order valence-electron chi connectivity index (χ2n) is 4.86. The van der Waals surface area contributed by atoms with E-state index >= 15 is 0 Å². The molecule has 1 aromatic carbocycles. The molecule has 116 valence electrons. The Hall–Kier alpha value is -2.68. The van der Waals surface area contributed by atoms with E-state index in [0.717, 1.165) is 4.57 Å². The summed E-state index contributed by atoms with van der Waals surface area (Å²) >= 11 is 0. The van der Waals surface area contributed by atoms with Gasteiger partial charge in [-0.1, -0.05) is 0 Å². The summed E-state index contributed by atoms with van der Waals surface area (Å²) in [6.45, 7) is 1.62. The van der Waals surface area contributed by atoms with E-state index in [4.69, 9.17) is 9.15 Å². The van der Waals surface area contributed by atoms with Crippen molar-refractivity contribution in [1.82, 2.24) is 9.47 Å². The van der Waals surface area contributed by atoms with Gasteiger partial charge in [0, 0.05) is 25.2 Å². The monoisotopic (exact) mass is 307 g/mol. The highest BCUT2D eigenvalue weighted by molar-refractivity contribution is 5.80. The summed E-state index contributed by atoms with van der Waals surface area (Å²) in [5.41, 5.74) is 0.284. The molecule has 0 unspecified atom stereocenters. The third kappa shape index (κ3) is 2.58. The fourth-order valence-corrected chi connectivity index (χ4v) is 2.36. The van der Waals surface area contributed by atoms with E-state index in [-0.39, 0.29) is 29.2 Å². The number of hydrogen-bond donors (Lipinski definition) is 0. The zero-order valence-electron chi connectivity index (χ0n) is 11.6. The van der Waals surface area contributed by atoms with Gasteiger partial charge in [-0.25, -0.2) is 4.79 Å². The zero-order valence-corrected chi connectivity index (χ0v) is 11.6. The number of hydrogen-bond acceptors (Lipinski definition) is 6. The van der Waals surface area contributed by atoms with Crippen molar-refractivity contribution >= 4 is 22.7 Å². The number of carbonyl (C=O) groups is 1. The van der Waals surface area contributed by atoms with Gasteiger partial charge in [0.2, 0.25) is 5.91 Å². The number of amides is 1. The maximum Gasteiger partial charge on any atom is 0.420 e. The fourth-order valence-electron chi connectivity index (χ4n) is 2.36. The molecule has 0 atom stereocenters. The largest absolute Gasteiger partial charge is 0.420 e. The van der Waals surface area contributed by atoms with E-state index in [1.807, 2.05) is 0 Å². The second kappa shape index (κ2) is 5.60. The van der Waals surface area contributed by atoms with Crippen LogP contribution >= 0.6 is 0 Å². The van der Waals surface area contributed by atoms with Crippen LogP contribution in [0.5, 0.6) is 0 Å². The third-order valence-electron chi connectivity index (χ3n) is 3.52. The van der Waals surface area contributed by atoms with Crippen LogP contribution in [-0.2, 0) is 16.1 Å². The van der Waals surface area contributed by atoms with Crippen molar-refractivity contribution in [2.24, 2.45) is 0 Å². The smallest absolute Gasteiger partial charge is 0.408 e. The highest BCUT2D eigenvalue weighted by atomic mass is 16.6. The summed E-state index contributed by atoms with van der Waals surface area (Å²) in [6, 6.07) is 3.83. The fraction of sp³-hybridized carbons (Fsp3) is 0.385. The summed E-state index contributed by atoms with van der Waals surface area (Å²) in [6.07, 6.45) is 0. The van der Waals surface area contributed by atoms with Gasteiger partial charge in [0.1, 0.15) is 6.54 Å². The number of non-ortho nitro benzene ring substituents is 1. The minimum atomic E-state index is -0.711. The molecule has 1 amide bonds. The number of nitro benzene ring substituents is 1. The summed E-state index contributed by atoms with van der Waals surface area (Å²) in [4.78, 5) is 35.9. The topological polar surface area (TPSA) is 108 Å². The Morgan fingerprint density at radius 2 is 2.05 bits per heavy atom. The van der Waals surface area contributed by atoms with E-state index < -0.39 is 10.7 Å². The van der Waals surface area contributed by atoms with Crippen molar-refractivity contribution in [3.8, 4) is 0 Å². The number of aromatic nitrogens is 1. The summed E-state index contributed by atoms with van der Waals surface area (Å²) in [7, 11) is 0. The van der Waals surface area contributed by atoms with Crippen molar-refractivity contribution in [1.29, 1.82) is 0 Å². The van der Waals surface area contributed by atoms with Crippen LogP contribution < -0.4 is 5.76 Å². The predicted octanol–water partition coefficient (Wildman–Crippen LogP) is 0.361. The molecule has 0 bridgehead atoms. The maximum absolute atomic E-state index is 12.2. The Bertz CT molecular complexity index is 787. The van der Waals surface area contributed by atoms with Crippen LogP contribution in [0.4, 0.5) is 5.69 Å². The molecule has 0 saturated carbocycles. The van der Waals surface area contributed by atoms with Crippen LogP contribution in [0.3, 0.4) is 0 Å². The second-order valence-corrected chi connectivity index (χ2v) is 4.86. The predicted molar refractivity (Wildman–Crippen MR) is 74.5 cm³/mol. The number of morpholine rings is 1. The molecule has 3 rings (SSSR count).